The van der Waals surface area contributed by atoms with Crippen LogP contribution in [0.5, 0.6) is 0 Å². The molecule has 2 N–H and O–H groups in total. The van der Waals surface area contributed by atoms with E-state index in [4.69, 9.17) is 5.73 Å². The largest absolute Gasteiger partial charge is 0.336 e. The number of rotatable bonds is 4. The first-order valence-electron chi connectivity index (χ1n) is 5.77. The molecule has 1 aliphatic heterocycles. The topological polar surface area (TPSA) is 49.6 Å². The van der Waals surface area contributed by atoms with Gasteiger partial charge in [-0.2, -0.15) is 0 Å². The summed E-state index contributed by atoms with van der Waals surface area (Å²) in [6, 6.07) is 0.680. The molecule has 0 aromatic rings. The first kappa shape index (κ1) is 12.5. The lowest BCUT2D eigenvalue weighted by molar-refractivity contribution is -0.132. The molecule has 1 rings (SSSR count). The quantitative estimate of drug-likeness (QED) is 0.729. The molecule has 1 fully saturated rings. The van der Waals surface area contributed by atoms with Gasteiger partial charge in [-0.25, -0.2) is 0 Å². The van der Waals surface area contributed by atoms with Gasteiger partial charge < -0.3 is 10.6 Å². The van der Waals surface area contributed by atoms with E-state index < -0.39 is 0 Å². The fraction of sp³-hybridized carbons (Fsp3) is 0.909. The van der Waals surface area contributed by atoms with Crippen LogP contribution < -0.4 is 5.73 Å². The highest BCUT2D eigenvalue weighted by Gasteiger charge is 2.30. The van der Waals surface area contributed by atoms with Gasteiger partial charge in [0.1, 0.15) is 0 Å². The molecule has 0 aromatic heterocycles. The maximum atomic E-state index is 11.5. The molecule has 15 heavy (non-hydrogen) atoms. The number of carbonyl (C=O) groups is 1. The number of nitrogens with two attached hydrogens (primary N) is 1. The van der Waals surface area contributed by atoms with Crippen molar-refractivity contribution >= 4 is 5.91 Å². The van der Waals surface area contributed by atoms with Crippen LogP contribution in [0.4, 0.5) is 0 Å². The second-order valence-corrected chi connectivity index (χ2v) is 4.55. The fourth-order valence-corrected chi connectivity index (χ4v) is 2.47. The van der Waals surface area contributed by atoms with Crippen molar-refractivity contribution in [1.82, 2.24) is 9.80 Å². The maximum absolute atomic E-state index is 11.5. The van der Waals surface area contributed by atoms with Crippen LogP contribution in [0, 0.1) is 0 Å². The van der Waals surface area contributed by atoms with Crippen LogP contribution in [0.2, 0.25) is 0 Å². The average molecular weight is 213 g/mol. The smallest absolute Gasteiger partial charge is 0.219 e. The zero-order valence-electron chi connectivity index (χ0n) is 10.1. The molecule has 0 aromatic carbocycles. The second-order valence-electron chi connectivity index (χ2n) is 4.55. The maximum Gasteiger partial charge on any atom is 0.219 e. The van der Waals surface area contributed by atoms with Crippen LogP contribution in [0.1, 0.15) is 27.2 Å². The van der Waals surface area contributed by atoms with E-state index in [2.05, 4.69) is 18.7 Å². The lowest BCUT2D eigenvalue weighted by Crippen LogP contribution is -2.45. The van der Waals surface area contributed by atoms with E-state index in [0.717, 1.165) is 26.1 Å². The van der Waals surface area contributed by atoms with Crippen LogP contribution >= 0.6 is 0 Å². The first-order valence-corrected chi connectivity index (χ1v) is 5.77. The molecule has 0 spiro atoms. The Hall–Kier alpha value is -0.610. The van der Waals surface area contributed by atoms with E-state index in [1.807, 2.05) is 4.90 Å². The Morgan fingerprint density at radius 1 is 1.60 bits per heavy atom. The van der Waals surface area contributed by atoms with Crippen molar-refractivity contribution in [2.45, 2.75) is 39.3 Å². The summed E-state index contributed by atoms with van der Waals surface area (Å²) < 4.78 is 0. The molecule has 4 heteroatoms. The minimum atomic E-state index is 0.185. The Morgan fingerprint density at radius 3 is 2.73 bits per heavy atom. The highest BCUT2D eigenvalue weighted by Crippen LogP contribution is 2.17. The second kappa shape index (κ2) is 5.47. The van der Waals surface area contributed by atoms with E-state index in [9.17, 15) is 4.79 Å². The van der Waals surface area contributed by atoms with Gasteiger partial charge in [0.25, 0.3) is 0 Å². The molecule has 1 heterocycles. The van der Waals surface area contributed by atoms with Gasteiger partial charge in [-0.3, -0.25) is 9.69 Å². The number of likely N-dealkylation sites (tertiary alicyclic amines) is 1. The molecule has 0 aliphatic carbocycles. The molecule has 4 nitrogen and oxygen atoms in total. The van der Waals surface area contributed by atoms with Gasteiger partial charge in [0.15, 0.2) is 0 Å². The van der Waals surface area contributed by atoms with Crippen molar-refractivity contribution < 1.29 is 4.79 Å². The van der Waals surface area contributed by atoms with Crippen LogP contribution in [-0.4, -0.2) is 54.0 Å². The predicted molar refractivity (Wildman–Crippen MR) is 61.6 cm³/mol. The van der Waals surface area contributed by atoms with Gasteiger partial charge in [0.05, 0.1) is 0 Å². The van der Waals surface area contributed by atoms with E-state index in [0.29, 0.717) is 18.6 Å². The summed E-state index contributed by atoms with van der Waals surface area (Å²) in [6.07, 6.45) is 1.08. The minimum absolute atomic E-state index is 0.185. The summed E-state index contributed by atoms with van der Waals surface area (Å²) in [5.41, 5.74) is 5.53. The Bertz CT molecular complexity index is 218. The molecule has 0 unspecified atom stereocenters. The summed E-state index contributed by atoms with van der Waals surface area (Å²) in [5, 5.41) is 0. The normalized spacial score (nSPS) is 22.3. The van der Waals surface area contributed by atoms with Crippen molar-refractivity contribution in [1.29, 1.82) is 0 Å². The third-order valence-corrected chi connectivity index (χ3v) is 3.01. The summed E-state index contributed by atoms with van der Waals surface area (Å²) in [6.45, 7) is 9.51. The van der Waals surface area contributed by atoms with Gasteiger partial charge in [-0.1, -0.05) is 0 Å². The lowest BCUT2D eigenvalue weighted by atomic mass is 10.1. The van der Waals surface area contributed by atoms with Crippen LogP contribution in [-0.2, 0) is 4.79 Å². The molecule has 1 aliphatic rings. The highest BCUT2D eigenvalue weighted by molar-refractivity contribution is 5.74. The minimum Gasteiger partial charge on any atom is -0.336 e. The fourth-order valence-electron chi connectivity index (χ4n) is 2.47. The van der Waals surface area contributed by atoms with Crippen molar-refractivity contribution in [3.8, 4) is 0 Å². The average Bonchev–Trinajstić information content (AvgIpc) is 2.52. The Labute approximate surface area is 92.4 Å². The number of nitrogens with zero attached hydrogens (tertiary/aromatic N) is 2. The zero-order valence-corrected chi connectivity index (χ0v) is 10.1. The molecule has 1 saturated heterocycles. The summed E-state index contributed by atoms with van der Waals surface area (Å²) in [4.78, 5) is 15.9. The number of carbonyl (C=O) groups excluding carboxylic acids is 1. The highest BCUT2D eigenvalue weighted by atomic mass is 16.2. The summed E-state index contributed by atoms with van der Waals surface area (Å²) in [7, 11) is 0. The number of hydrogen-bond acceptors (Lipinski definition) is 3. The van der Waals surface area contributed by atoms with Gasteiger partial charge in [0, 0.05) is 45.2 Å². The van der Waals surface area contributed by atoms with Crippen molar-refractivity contribution in [2.75, 3.05) is 26.2 Å². The van der Waals surface area contributed by atoms with Gasteiger partial charge in [-0.15, -0.1) is 0 Å². The molecule has 1 atom stereocenters. The van der Waals surface area contributed by atoms with Crippen molar-refractivity contribution in [2.24, 2.45) is 5.73 Å². The van der Waals surface area contributed by atoms with Crippen LogP contribution in [0.3, 0.4) is 0 Å². The summed E-state index contributed by atoms with van der Waals surface area (Å²) in [5.74, 6) is 0.185. The van der Waals surface area contributed by atoms with Crippen molar-refractivity contribution in [3.63, 3.8) is 0 Å². The molecule has 0 saturated carbocycles. The third-order valence-electron chi connectivity index (χ3n) is 3.01. The molecular formula is C11H23N3O. The molecule has 0 bridgehead atoms. The van der Waals surface area contributed by atoms with Gasteiger partial charge >= 0.3 is 0 Å². The monoisotopic (exact) mass is 213 g/mol. The van der Waals surface area contributed by atoms with E-state index in [1.165, 1.54) is 0 Å². The molecular weight excluding hydrogens is 190 g/mol. The Morgan fingerprint density at radius 2 is 2.27 bits per heavy atom. The molecule has 88 valence electrons. The molecule has 0 radical (unpaired) electrons. The first-order chi connectivity index (χ1) is 7.06. The SMILES string of the molecule is CC(=O)N(C(C)C)[C@H]1CCN(CCN)C1. The Balaban J connectivity index is 2.53. The molecule has 1 amide bonds. The summed E-state index contributed by atoms with van der Waals surface area (Å²) >= 11 is 0. The van der Waals surface area contributed by atoms with Crippen LogP contribution in [0.15, 0.2) is 0 Å². The van der Waals surface area contributed by atoms with E-state index in [1.54, 1.807) is 6.92 Å². The van der Waals surface area contributed by atoms with E-state index in [-0.39, 0.29) is 5.91 Å². The zero-order chi connectivity index (χ0) is 11.4. The van der Waals surface area contributed by atoms with Crippen LogP contribution in [0.25, 0.3) is 0 Å². The lowest BCUT2D eigenvalue weighted by Gasteiger charge is -2.31. The Kier molecular flexibility index (Phi) is 4.54. The standard InChI is InChI=1S/C11H23N3O/c1-9(2)14(10(3)15)11-4-6-13(8-11)7-5-12/h9,11H,4-8,12H2,1-3H3/t11-/m0/s1. The number of amides is 1. The van der Waals surface area contributed by atoms with Crippen molar-refractivity contribution in [3.05, 3.63) is 0 Å². The predicted octanol–water partition coefficient (Wildman–Crippen LogP) is 0.276. The van der Waals surface area contributed by atoms with E-state index >= 15 is 0 Å². The third kappa shape index (κ3) is 3.18. The van der Waals surface area contributed by atoms with Gasteiger partial charge in [-0.05, 0) is 20.3 Å². The number of hydrogen-bond donors (Lipinski definition) is 1. The van der Waals surface area contributed by atoms with Gasteiger partial charge in [0.2, 0.25) is 5.91 Å².